The van der Waals surface area contributed by atoms with Gasteiger partial charge in [-0.15, -0.1) is 0 Å². The fourth-order valence-corrected chi connectivity index (χ4v) is 9.53. The summed E-state index contributed by atoms with van der Waals surface area (Å²) in [5.41, 5.74) is 0. The van der Waals surface area contributed by atoms with E-state index in [0.717, 1.165) is 0 Å². The molecule has 58 heavy (non-hydrogen) atoms. The fourth-order valence-electron chi connectivity index (χ4n) is 9.53. The molecule has 0 aliphatic rings. The first-order valence-corrected chi connectivity index (χ1v) is 28.7. The molecule has 0 aromatic carbocycles. The van der Waals surface area contributed by atoms with Crippen molar-refractivity contribution in [1.82, 2.24) is 0 Å². The molecule has 0 spiro atoms. The molecular formula is C58H117. The van der Waals surface area contributed by atoms with Crippen molar-refractivity contribution in [2.75, 3.05) is 0 Å². The van der Waals surface area contributed by atoms with Gasteiger partial charge in [-0.3, -0.25) is 0 Å². The molecule has 0 aromatic rings. The molecule has 1 radical (unpaired) electrons. The van der Waals surface area contributed by atoms with E-state index >= 15 is 0 Å². The summed E-state index contributed by atoms with van der Waals surface area (Å²) in [6, 6.07) is 0. The van der Waals surface area contributed by atoms with Gasteiger partial charge in [0.05, 0.1) is 0 Å². The Bertz CT molecular complexity index is 594. The Kier molecular flexibility index (Phi) is 57.0. The van der Waals surface area contributed by atoms with Crippen LogP contribution in [0.15, 0.2) is 0 Å². The standard InChI is InChI=1S/C58H117/c1-3-5-7-9-11-13-15-17-19-21-23-25-27-29-31-33-35-37-39-41-43-45-47-49-51-53-55-57-58-56-54-52-50-48-46-44-42-40-38-36-34-32-30-28-26-24-22-20-18-16-14-12-10-8-6-4-2/h57H,3-56,58H2,1-2H3. The normalized spacial score (nSPS) is 11.7. The zero-order chi connectivity index (χ0) is 41.6. The van der Waals surface area contributed by atoms with Crippen molar-refractivity contribution in [3.8, 4) is 0 Å². The van der Waals surface area contributed by atoms with E-state index in [1.165, 1.54) is 353 Å². The molecule has 0 saturated heterocycles. The number of unbranched alkanes of at least 4 members (excludes halogenated alkanes) is 55. The van der Waals surface area contributed by atoms with E-state index in [1.54, 1.807) is 0 Å². The summed E-state index contributed by atoms with van der Waals surface area (Å²) < 4.78 is 0. The van der Waals surface area contributed by atoms with Crippen molar-refractivity contribution in [2.24, 2.45) is 0 Å². The summed E-state index contributed by atoms with van der Waals surface area (Å²) in [6.45, 7) is 4.63. The topological polar surface area (TPSA) is 0 Å². The number of rotatable bonds is 55. The van der Waals surface area contributed by atoms with E-state index in [0.29, 0.717) is 0 Å². The van der Waals surface area contributed by atoms with Crippen LogP contribution < -0.4 is 0 Å². The van der Waals surface area contributed by atoms with Gasteiger partial charge in [0.1, 0.15) is 0 Å². The molecule has 349 valence electrons. The minimum atomic E-state index is 1.37. The van der Waals surface area contributed by atoms with Gasteiger partial charge in [-0.1, -0.05) is 367 Å². The van der Waals surface area contributed by atoms with E-state index in [2.05, 4.69) is 20.3 Å². The highest BCUT2D eigenvalue weighted by Crippen LogP contribution is 2.19. The first kappa shape index (κ1) is 58.0. The molecule has 0 heteroatoms. The van der Waals surface area contributed by atoms with Crippen LogP contribution >= 0.6 is 0 Å². The Balaban J connectivity index is 3.05. The smallest absolute Gasteiger partial charge is 0.0386 e. The Morgan fingerprint density at radius 2 is 0.241 bits per heavy atom. The van der Waals surface area contributed by atoms with Crippen molar-refractivity contribution in [1.29, 1.82) is 0 Å². The summed E-state index contributed by atoms with van der Waals surface area (Å²) in [4.78, 5) is 0. The van der Waals surface area contributed by atoms with E-state index < -0.39 is 0 Å². The molecule has 0 bridgehead atoms. The fraction of sp³-hybridized carbons (Fsp3) is 0.983. The monoisotopic (exact) mass is 814 g/mol. The van der Waals surface area contributed by atoms with Gasteiger partial charge in [-0.05, 0) is 6.42 Å². The number of hydrogen-bond donors (Lipinski definition) is 0. The van der Waals surface area contributed by atoms with Crippen molar-refractivity contribution in [3.63, 3.8) is 0 Å². The van der Waals surface area contributed by atoms with Crippen LogP contribution in [0, 0.1) is 6.42 Å². The lowest BCUT2D eigenvalue weighted by Crippen LogP contribution is -1.85. The summed E-state index contributed by atoms with van der Waals surface area (Å²) in [5.74, 6) is 0. The Morgan fingerprint density at radius 3 is 0.362 bits per heavy atom. The predicted molar refractivity (Wildman–Crippen MR) is 270 cm³/mol. The van der Waals surface area contributed by atoms with Gasteiger partial charge in [0, 0.05) is 0 Å². The third-order valence-corrected chi connectivity index (χ3v) is 13.8. The third-order valence-electron chi connectivity index (χ3n) is 13.8. The van der Waals surface area contributed by atoms with Crippen molar-refractivity contribution in [3.05, 3.63) is 6.42 Å². The van der Waals surface area contributed by atoms with E-state index in [1.807, 2.05) is 0 Å². The molecule has 0 N–H and O–H groups in total. The minimum absolute atomic E-state index is 1.37. The van der Waals surface area contributed by atoms with Gasteiger partial charge in [0.15, 0.2) is 0 Å². The van der Waals surface area contributed by atoms with Crippen LogP contribution in [0.2, 0.25) is 0 Å². The summed E-state index contributed by atoms with van der Waals surface area (Å²) >= 11 is 0. The van der Waals surface area contributed by atoms with E-state index in [-0.39, 0.29) is 0 Å². The Hall–Kier alpha value is 0. The van der Waals surface area contributed by atoms with Crippen molar-refractivity contribution < 1.29 is 0 Å². The van der Waals surface area contributed by atoms with Gasteiger partial charge in [-0.25, -0.2) is 0 Å². The highest BCUT2D eigenvalue weighted by atomic mass is 14.1. The number of hydrogen-bond acceptors (Lipinski definition) is 0. The van der Waals surface area contributed by atoms with Crippen LogP contribution in [0.3, 0.4) is 0 Å². The molecule has 0 nitrogen and oxygen atoms in total. The largest absolute Gasteiger partial charge is 0.0654 e. The first-order chi connectivity index (χ1) is 28.9. The highest BCUT2D eigenvalue weighted by Gasteiger charge is 1.99. The SMILES string of the molecule is CCCCCCCCCCCCCCCCCCCCCCCCCCCC[CH]CCCCCCCCCCCCCCCCCCCCCCCCCCCCC. The van der Waals surface area contributed by atoms with Gasteiger partial charge in [0.25, 0.3) is 0 Å². The van der Waals surface area contributed by atoms with E-state index in [4.69, 9.17) is 0 Å². The van der Waals surface area contributed by atoms with Crippen LogP contribution in [-0.4, -0.2) is 0 Å². The van der Waals surface area contributed by atoms with Gasteiger partial charge in [-0.2, -0.15) is 0 Å². The molecule has 0 heterocycles. The maximum absolute atomic E-state index is 2.61. The van der Waals surface area contributed by atoms with Crippen LogP contribution in [0.1, 0.15) is 367 Å². The predicted octanol–water partition coefficient (Wildman–Crippen LogP) is 22.7. The third kappa shape index (κ3) is 56.0. The molecule has 0 unspecified atom stereocenters. The Labute approximate surface area is 372 Å². The van der Waals surface area contributed by atoms with Gasteiger partial charge in [0.2, 0.25) is 0 Å². The summed E-state index contributed by atoms with van der Waals surface area (Å²) in [6.07, 6.45) is 83.9. The molecular weight excluding hydrogens is 697 g/mol. The molecule has 0 saturated carbocycles. The maximum atomic E-state index is 2.61. The second-order valence-corrected chi connectivity index (χ2v) is 19.9. The second kappa shape index (κ2) is 57.0. The molecule has 0 rings (SSSR count). The highest BCUT2D eigenvalue weighted by molar-refractivity contribution is 4.65. The summed E-state index contributed by atoms with van der Waals surface area (Å²) in [7, 11) is 0. The van der Waals surface area contributed by atoms with Crippen LogP contribution in [0.5, 0.6) is 0 Å². The van der Waals surface area contributed by atoms with Crippen molar-refractivity contribution >= 4 is 0 Å². The van der Waals surface area contributed by atoms with E-state index in [9.17, 15) is 0 Å². The quantitative estimate of drug-likeness (QED) is 0.0537. The first-order valence-electron chi connectivity index (χ1n) is 28.7. The average Bonchev–Trinajstić information content (AvgIpc) is 3.23. The lowest BCUT2D eigenvalue weighted by molar-refractivity contribution is 0.513. The van der Waals surface area contributed by atoms with Crippen molar-refractivity contribution in [2.45, 2.75) is 367 Å². The second-order valence-electron chi connectivity index (χ2n) is 19.9. The maximum Gasteiger partial charge on any atom is -0.0386 e. The molecule has 0 aliphatic heterocycles. The lowest BCUT2D eigenvalue weighted by atomic mass is 10.0. The van der Waals surface area contributed by atoms with Gasteiger partial charge >= 0.3 is 0 Å². The van der Waals surface area contributed by atoms with Gasteiger partial charge < -0.3 is 0 Å². The molecule has 0 atom stereocenters. The lowest BCUT2D eigenvalue weighted by Gasteiger charge is -2.05. The Morgan fingerprint density at radius 1 is 0.138 bits per heavy atom. The molecule has 0 amide bonds. The molecule has 0 fully saturated rings. The zero-order valence-electron chi connectivity index (χ0n) is 41.5. The average molecular weight is 815 g/mol. The van der Waals surface area contributed by atoms with Crippen LogP contribution in [0.25, 0.3) is 0 Å². The summed E-state index contributed by atoms with van der Waals surface area (Å²) in [5, 5.41) is 0. The molecule has 0 aliphatic carbocycles. The zero-order valence-corrected chi connectivity index (χ0v) is 41.5. The van der Waals surface area contributed by atoms with Crippen LogP contribution in [0.4, 0.5) is 0 Å². The molecule has 0 aromatic heterocycles. The minimum Gasteiger partial charge on any atom is -0.0654 e. The van der Waals surface area contributed by atoms with Crippen LogP contribution in [-0.2, 0) is 0 Å².